The SMILES string of the molecule is COc1cc(CNC(C)CNC(=O)OC(C)(C)C)cc(OC)c1. The van der Waals surface area contributed by atoms with Crippen molar-refractivity contribution >= 4 is 6.09 Å². The number of ether oxygens (including phenoxy) is 3. The lowest BCUT2D eigenvalue weighted by molar-refractivity contribution is 0.0523. The van der Waals surface area contributed by atoms with E-state index in [0.717, 1.165) is 17.1 Å². The number of benzene rings is 1. The van der Waals surface area contributed by atoms with Gasteiger partial charge in [-0.05, 0) is 45.4 Å². The van der Waals surface area contributed by atoms with Gasteiger partial charge in [-0.15, -0.1) is 0 Å². The van der Waals surface area contributed by atoms with Gasteiger partial charge in [-0.3, -0.25) is 0 Å². The monoisotopic (exact) mass is 324 g/mol. The van der Waals surface area contributed by atoms with E-state index in [0.29, 0.717) is 13.1 Å². The van der Waals surface area contributed by atoms with Gasteiger partial charge in [0.25, 0.3) is 0 Å². The van der Waals surface area contributed by atoms with Gasteiger partial charge >= 0.3 is 6.09 Å². The van der Waals surface area contributed by atoms with Gasteiger partial charge in [0.2, 0.25) is 0 Å². The number of carbonyl (C=O) groups excluding carboxylic acids is 1. The molecule has 0 bridgehead atoms. The molecule has 0 spiro atoms. The van der Waals surface area contributed by atoms with Gasteiger partial charge in [-0.25, -0.2) is 4.79 Å². The Morgan fingerprint density at radius 1 is 1.13 bits per heavy atom. The zero-order valence-corrected chi connectivity index (χ0v) is 14.9. The molecule has 1 atom stereocenters. The number of rotatable bonds is 7. The molecule has 6 heteroatoms. The van der Waals surface area contributed by atoms with Crippen LogP contribution in [0.1, 0.15) is 33.3 Å². The number of methoxy groups -OCH3 is 2. The van der Waals surface area contributed by atoms with E-state index in [1.165, 1.54) is 0 Å². The van der Waals surface area contributed by atoms with Crippen molar-refractivity contribution in [3.05, 3.63) is 23.8 Å². The first kappa shape index (κ1) is 19.1. The summed E-state index contributed by atoms with van der Waals surface area (Å²) < 4.78 is 15.7. The molecule has 0 saturated heterocycles. The fourth-order valence-corrected chi connectivity index (χ4v) is 1.88. The average molecular weight is 324 g/mol. The average Bonchev–Trinajstić information content (AvgIpc) is 2.48. The first-order chi connectivity index (χ1) is 10.7. The number of carbonyl (C=O) groups is 1. The maximum Gasteiger partial charge on any atom is 0.407 e. The molecule has 130 valence electrons. The van der Waals surface area contributed by atoms with Crippen molar-refractivity contribution in [3.63, 3.8) is 0 Å². The summed E-state index contributed by atoms with van der Waals surface area (Å²) in [5, 5.41) is 6.09. The Balaban J connectivity index is 2.44. The van der Waals surface area contributed by atoms with Crippen molar-refractivity contribution in [2.75, 3.05) is 20.8 Å². The molecular formula is C17H28N2O4. The van der Waals surface area contributed by atoms with E-state index in [1.54, 1.807) is 14.2 Å². The number of hydrogen-bond donors (Lipinski definition) is 2. The van der Waals surface area contributed by atoms with Crippen LogP contribution < -0.4 is 20.1 Å². The van der Waals surface area contributed by atoms with Gasteiger partial charge in [-0.2, -0.15) is 0 Å². The molecule has 1 aromatic carbocycles. The number of amides is 1. The summed E-state index contributed by atoms with van der Waals surface area (Å²) in [6.07, 6.45) is -0.408. The molecule has 0 aliphatic carbocycles. The van der Waals surface area contributed by atoms with Gasteiger partial charge in [0, 0.05) is 25.2 Å². The van der Waals surface area contributed by atoms with Crippen LogP contribution in [-0.2, 0) is 11.3 Å². The molecule has 0 aromatic heterocycles. The van der Waals surface area contributed by atoms with Crippen molar-refractivity contribution in [3.8, 4) is 11.5 Å². The minimum atomic E-state index is -0.488. The maximum absolute atomic E-state index is 11.6. The van der Waals surface area contributed by atoms with E-state index in [9.17, 15) is 4.79 Å². The number of hydrogen-bond acceptors (Lipinski definition) is 5. The Bertz CT molecular complexity index is 490. The third-order valence-corrected chi connectivity index (χ3v) is 3.02. The second kappa shape index (κ2) is 8.62. The third-order valence-electron chi connectivity index (χ3n) is 3.02. The molecule has 1 unspecified atom stereocenters. The van der Waals surface area contributed by atoms with Gasteiger partial charge in [0.05, 0.1) is 14.2 Å². The van der Waals surface area contributed by atoms with Gasteiger partial charge in [-0.1, -0.05) is 0 Å². The second-order valence-electron chi connectivity index (χ2n) is 6.39. The summed E-state index contributed by atoms with van der Waals surface area (Å²) in [6, 6.07) is 5.82. The minimum absolute atomic E-state index is 0.0970. The molecule has 0 aliphatic heterocycles. The standard InChI is InChI=1S/C17H28N2O4/c1-12(10-19-16(20)23-17(2,3)4)18-11-13-7-14(21-5)9-15(8-13)22-6/h7-9,12,18H,10-11H2,1-6H3,(H,19,20). The molecule has 1 rings (SSSR count). The highest BCUT2D eigenvalue weighted by atomic mass is 16.6. The first-order valence-electron chi connectivity index (χ1n) is 7.65. The zero-order valence-electron chi connectivity index (χ0n) is 14.9. The molecule has 0 fully saturated rings. The third kappa shape index (κ3) is 7.74. The lowest BCUT2D eigenvalue weighted by atomic mass is 10.2. The Morgan fingerprint density at radius 2 is 1.70 bits per heavy atom. The van der Waals surface area contributed by atoms with Crippen molar-refractivity contribution in [2.24, 2.45) is 0 Å². The highest BCUT2D eigenvalue weighted by Crippen LogP contribution is 2.22. The smallest absolute Gasteiger partial charge is 0.407 e. The van der Waals surface area contributed by atoms with Crippen LogP contribution in [0.5, 0.6) is 11.5 Å². The van der Waals surface area contributed by atoms with Crippen LogP contribution in [0.3, 0.4) is 0 Å². The quantitative estimate of drug-likeness (QED) is 0.807. The Morgan fingerprint density at radius 3 is 2.17 bits per heavy atom. The largest absolute Gasteiger partial charge is 0.497 e. The zero-order chi connectivity index (χ0) is 17.5. The Labute approximate surface area is 138 Å². The van der Waals surface area contributed by atoms with Crippen LogP contribution in [0.2, 0.25) is 0 Å². The predicted octanol–water partition coefficient (Wildman–Crippen LogP) is 2.71. The van der Waals surface area contributed by atoms with Crippen LogP contribution in [-0.4, -0.2) is 38.5 Å². The van der Waals surface area contributed by atoms with Crippen LogP contribution in [0.25, 0.3) is 0 Å². The lowest BCUT2D eigenvalue weighted by Crippen LogP contribution is -2.41. The summed E-state index contributed by atoms with van der Waals surface area (Å²) >= 11 is 0. The fraction of sp³-hybridized carbons (Fsp3) is 0.588. The van der Waals surface area contributed by atoms with Gasteiger partial charge in [0.1, 0.15) is 17.1 Å². The van der Waals surface area contributed by atoms with E-state index in [-0.39, 0.29) is 6.04 Å². The van der Waals surface area contributed by atoms with E-state index < -0.39 is 11.7 Å². The number of nitrogens with one attached hydrogen (secondary N) is 2. The van der Waals surface area contributed by atoms with E-state index in [4.69, 9.17) is 14.2 Å². The van der Waals surface area contributed by atoms with Gasteiger partial charge in [0.15, 0.2) is 0 Å². The van der Waals surface area contributed by atoms with Crippen molar-refractivity contribution < 1.29 is 19.0 Å². The molecule has 1 aromatic rings. The fourth-order valence-electron chi connectivity index (χ4n) is 1.88. The highest BCUT2D eigenvalue weighted by molar-refractivity contribution is 5.67. The Hall–Kier alpha value is -1.95. The first-order valence-corrected chi connectivity index (χ1v) is 7.65. The van der Waals surface area contributed by atoms with Crippen LogP contribution in [0, 0.1) is 0 Å². The topological polar surface area (TPSA) is 68.8 Å². The van der Waals surface area contributed by atoms with Crippen LogP contribution >= 0.6 is 0 Å². The van der Waals surface area contributed by atoms with Crippen molar-refractivity contribution in [1.82, 2.24) is 10.6 Å². The summed E-state index contributed by atoms with van der Waals surface area (Å²) in [5.41, 5.74) is 0.558. The van der Waals surface area contributed by atoms with Crippen LogP contribution in [0.15, 0.2) is 18.2 Å². The van der Waals surface area contributed by atoms with Crippen molar-refractivity contribution in [1.29, 1.82) is 0 Å². The summed E-state index contributed by atoms with van der Waals surface area (Å²) in [5.74, 6) is 1.50. The predicted molar refractivity (Wildman–Crippen MR) is 90.1 cm³/mol. The van der Waals surface area contributed by atoms with E-state index >= 15 is 0 Å². The molecular weight excluding hydrogens is 296 g/mol. The molecule has 6 nitrogen and oxygen atoms in total. The van der Waals surface area contributed by atoms with Crippen molar-refractivity contribution in [2.45, 2.75) is 45.9 Å². The molecule has 23 heavy (non-hydrogen) atoms. The number of alkyl carbamates (subject to hydrolysis) is 1. The summed E-state index contributed by atoms with van der Waals surface area (Å²) in [6.45, 7) is 8.63. The lowest BCUT2D eigenvalue weighted by Gasteiger charge is -2.21. The molecule has 0 saturated carbocycles. The van der Waals surface area contributed by atoms with E-state index in [1.807, 2.05) is 45.9 Å². The van der Waals surface area contributed by atoms with Crippen LogP contribution in [0.4, 0.5) is 4.79 Å². The maximum atomic E-state index is 11.6. The highest BCUT2D eigenvalue weighted by Gasteiger charge is 2.16. The minimum Gasteiger partial charge on any atom is -0.497 e. The summed E-state index contributed by atoms with van der Waals surface area (Å²) in [4.78, 5) is 11.6. The van der Waals surface area contributed by atoms with Gasteiger partial charge < -0.3 is 24.8 Å². The molecule has 2 N–H and O–H groups in total. The molecule has 1 amide bonds. The van der Waals surface area contributed by atoms with E-state index in [2.05, 4.69) is 10.6 Å². The molecule has 0 aliphatic rings. The molecule has 0 heterocycles. The Kier molecular flexibility index (Phi) is 7.16. The second-order valence-corrected chi connectivity index (χ2v) is 6.39. The normalized spacial score (nSPS) is 12.4. The molecule has 0 radical (unpaired) electrons. The summed E-state index contributed by atoms with van der Waals surface area (Å²) in [7, 11) is 3.25.